The molecule has 0 spiro atoms. The van der Waals surface area contributed by atoms with Crippen LogP contribution in [0.3, 0.4) is 0 Å². The molecule has 2 aromatic rings. The molecule has 1 atom stereocenters. The molecule has 1 aromatic carbocycles. The van der Waals surface area contributed by atoms with Crippen LogP contribution in [0.1, 0.15) is 5.56 Å². The van der Waals surface area contributed by atoms with Crippen LogP contribution in [-0.4, -0.2) is 48.2 Å². The molecule has 1 aromatic heterocycles. The Balaban J connectivity index is 1.66. The third-order valence-corrected chi connectivity index (χ3v) is 4.70. The normalized spacial score (nSPS) is 17.4. The van der Waals surface area contributed by atoms with Crippen LogP contribution in [-0.2, 0) is 16.0 Å². The summed E-state index contributed by atoms with van der Waals surface area (Å²) in [5, 5.41) is 3.13. The number of rotatable bonds is 5. The number of nitrogens with zero attached hydrogens (tertiary/aromatic N) is 3. The standard InChI is InChI=1S/C17H18BrClN4O2/c18-13-10-21-17(19)22-15(13)23-8-9-25-11-14(23)16(24)20-7-6-12-4-2-1-3-5-12/h1-5,10,14H,6-9,11H2,(H,20,24). The lowest BCUT2D eigenvalue weighted by Crippen LogP contribution is -2.54. The number of carbonyl (C=O) groups is 1. The van der Waals surface area contributed by atoms with Crippen molar-refractivity contribution < 1.29 is 9.53 Å². The number of amides is 1. The summed E-state index contributed by atoms with van der Waals surface area (Å²) in [7, 11) is 0. The summed E-state index contributed by atoms with van der Waals surface area (Å²) >= 11 is 9.34. The quantitative estimate of drug-likeness (QED) is 0.746. The van der Waals surface area contributed by atoms with E-state index in [-0.39, 0.29) is 11.2 Å². The second-order valence-electron chi connectivity index (χ2n) is 5.62. The van der Waals surface area contributed by atoms with E-state index < -0.39 is 6.04 Å². The van der Waals surface area contributed by atoms with Crippen molar-refractivity contribution in [2.24, 2.45) is 0 Å². The maximum absolute atomic E-state index is 12.6. The predicted molar refractivity (Wildman–Crippen MR) is 99.9 cm³/mol. The molecule has 0 bridgehead atoms. The van der Waals surface area contributed by atoms with E-state index in [4.69, 9.17) is 16.3 Å². The Morgan fingerprint density at radius 1 is 1.40 bits per heavy atom. The Bertz CT molecular complexity index is 732. The Morgan fingerprint density at radius 2 is 2.20 bits per heavy atom. The van der Waals surface area contributed by atoms with Gasteiger partial charge in [0.25, 0.3) is 0 Å². The van der Waals surface area contributed by atoms with Crippen molar-refractivity contribution in [2.75, 3.05) is 31.2 Å². The first-order chi connectivity index (χ1) is 12.1. The van der Waals surface area contributed by atoms with Crippen molar-refractivity contribution in [3.05, 3.63) is 51.8 Å². The number of hydrogen-bond acceptors (Lipinski definition) is 5. The number of ether oxygens (including phenoxy) is 1. The molecule has 2 heterocycles. The van der Waals surface area contributed by atoms with Crippen molar-refractivity contribution in [1.29, 1.82) is 0 Å². The predicted octanol–water partition coefficient (Wildman–Crippen LogP) is 2.46. The number of carbonyl (C=O) groups excluding carboxylic acids is 1. The third kappa shape index (κ3) is 4.68. The molecule has 132 valence electrons. The minimum atomic E-state index is -0.452. The number of nitrogens with one attached hydrogen (secondary N) is 1. The minimum Gasteiger partial charge on any atom is -0.377 e. The topological polar surface area (TPSA) is 67.3 Å². The zero-order valence-electron chi connectivity index (χ0n) is 13.5. The molecule has 1 amide bonds. The molecule has 1 N–H and O–H groups in total. The fourth-order valence-electron chi connectivity index (χ4n) is 2.71. The van der Waals surface area contributed by atoms with E-state index in [9.17, 15) is 4.79 Å². The van der Waals surface area contributed by atoms with Crippen LogP contribution >= 0.6 is 27.5 Å². The van der Waals surface area contributed by atoms with E-state index in [0.717, 1.165) is 6.42 Å². The van der Waals surface area contributed by atoms with Crippen LogP contribution in [0.5, 0.6) is 0 Å². The van der Waals surface area contributed by atoms with E-state index in [1.807, 2.05) is 35.2 Å². The zero-order chi connectivity index (χ0) is 17.6. The number of anilines is 1. The summed E-state index contributed by atoms with van der Waals surface area (Å²) in [4.78, 5) is 22.7. The Labute approximate surface area is 159 Å². The molecule has 6 nitrogen and oxygen atoms in total. The van der Waals surface area contributed by atoms with Gasteiger partial charge < -0.3 is 15.0 Å². The van der Waals surface area contributed by atoms with Gasteiger partial charge in [0.1, 0.15) is 11.9 Å². The Morgan fingerprint density at radius 3 is 3.00 bits per heavy atom. The van der Waals surface area contributed by atoms with Gasteiger partial charge in [-0.25, -0.2) is 4.98 Å². The molecule has 0 aliphatic carbocycles. The van der Waals surface area contributed by atoms with Gasteiger partial charge >= 0.3 is 0 Å². The van der Waals surface area contributed by atoms with Gasteiger partial charge in [0, 0.05) is 19.3 Å². The summed E-state index contributed by atoms with van der Waals surface area (Å²) in [6, 6.07) is 9.59. The van der Waals surface area contributed by atoms with Gasteiger partial charge in [0.2, 0.25) is 11.2 Å². The van der Waals surface area contributed by atoms with Crippen LogP contribution < -0.4 is 10.2 Å². The van der Waals surface area contributed by atoms with Crippen molar-refractivity contribution in [2.45, 2.75) is 12.5 Å². The molecule has 1 saturated heterocycles. The molecule has 1 fully saturated rings. The summed E-state index contributed by atoms with van der Waals surface area (Å²) in [6.07, 6.45) is 2.37. The van der Waals surface area contributed by atoms with Gasteiger partial charge in [-0.15, -0.1) is 0 Å². The maximum Gasteiger partial charge on any atom is 0.245 e. The average Bonchev–Trinajstić information content (AvgIpc) is 2.64. The van der Waals surface area contributed by atoms with Gasteiger partial charge in [-0.3, -0.25) is 4.79 Å². The molecule has 1 aliphatic heterocycles. The highest BCUT2D eigenvalue weighted by atomic mass is 79.9. The zero-order valence-corrected chi connectivity index (χ0v) is 15.8. The maximum atomic E-state index is 12.6. The molecular weight excluding hydrogens is 408 g/mol. The van der Waals surface area contributed by atoms with E-state index in [0.29, 0.717) is 36.6 Å². The highest BCUT2D eigenvalue weighted by molar-refractivity contribution is 9.10. The fourth-order valence-corrected chi connectivity index (χ4v) is 3.25. The molecule has 8 heteroatoms. The van der Waals surface area contributed by atoms with Crippen molar-refractivity contribution in [1.82, 2.24) is 15.3 Å². The van der Waals surface area contributed by atoms with E-state index in [1.165, 1.54) is 5.56 Å². The van der Waals surface area contributed by atoms with Crippen LogP contribution in [0.4, 0.5) is 5.82 Å². The summed E-state index contributed by atoms with van der Waals surface area (Å²) in [5.41, 5.74) is 1.19. The first kappa shape index (κ1) is 18.1. The van der Waals surface area contributed by atoms with Gasteiger partial charge in [-0.2, -0.15) is 4.98 Å². The van der Waals surface area contributed by atoms with Crippen molar-refractivity contribution in [3.8, 4) is 0 Å². The average molecular weight is 426 g/mol. The molecule has 3 rings (SSSR count). The molecule has 1 unspecified atom stereocenters. The van der Waals surface area contributed by atoms with Crippen LogP contribution in [0.15, 0.2) is 41.0 Å². The number of morpholine rings is 1. The molecule has 0 saturated carbocycles. The van der Waals surface area contributed by atoms with E-state index in [1.54, 1.807) is 6.20 Å². The van der Waals surface area contributed by atoms with Crippen LogP contribution in [0.25, 0.3) is 0 Å². The highest BCUT2D eigenvalue weighted by Crippen LogP contribution is 2.27. The minimum absolute atomic E-state index is 0.0859. The van der Waals surface area contributed by atoms with Gasteiger partial charge in [-0.05, 0) is 39.5 Å². The molecule has 1 aliphatic rings. The third-order valence-electron chi connectivity index (χ3n) is 3.96. The van der Waals surface area contributed by atoms with Crippen molar-refractivity contribution >= 4 is 39.3 Å². The molecular formula is C17H18BrClN4O2. The first-order valence-corrected chi connectivity index (χ1v) is 9.16. The molecule has 0 radical (unpaired) electrons. The largest absolute Gasteiger partial charge is 0.377 e. The van der Waals surface area contributed by atoms with Crippen molar-refractivity contribution in [3.63, 3.8) is 0 Å². The number of benzene rings is 1. The lowest BCUT2D eigenvalue weighted by molar-refractivity contribution is -0.124. The van der Waals surface area contributed by atoms with Gasteiger partial charge in [-0.1, -0.05) is 30.3 Å². The summed E-state index contributed by atoms with van der Waals surface area (Å²) in [5.74, 6) is 0.517. The lowest BCUT2D eigenvalue weighted by atomic mass is 10.1. The summed E-state index contributed by atoms with van der Waals surface area (Å²) < 4.78 is 6.19. The van der Waals surface area contributed by atoms with Crippen LogP contribution in [0, 0.1) is 0 Å². The number of aromatic nitrogens is 2. The second-order valence-corrected chi connectivity index (χ2v) is 6.81. The lowest BCUT2D eigenvalue weighted by Gasteiger charge is -2.35. The van der Waals surface area contributed by atoms with E-state index >= 15 is 0 Å². The monoisotopic (exact) mass is 424 g/mol. The van der Waals surface area contributed by atoms with Crippen LogP contribution in [0.2, 0.25) is 5.28 Å². The van der Waals surface area contributed by atoms with E-state index in [2.05, 4.69) is 31.2 Å². The molecule has 25 heavy (non-hydrogen) atoms. The highest BCUT2D eigenvalue weighted by Gasteiger charge is 2.31. The second kappa shape index (κ2) is 8.60. The summed E-state index contributed by atoms with van der Waals surface area (Å²) in [6.45, 7) is 1.97. The van der Waals surface area contributed by atoms with Gasteiger partial charge in [0.15, 0.2) is 0 Å². The number of halogens is 2. The fraction of sp³-hybridized carbons (Fsp3) is 0.353. The Hall–Kier alpha value is -1.70. The number of hydrogen-bond donors (Lipinski definition) is 1. The SMILES string of the molecule is O=C(NCCc1ccccc1)C1COCCN1c1nc(Cl)ncc1Br. The first-order valence-electron chi connectivity index (χ1n) is 7.99. The van der Waals surface area contributed by atoms with Gasteiger partial charge in [0.05, 0.1) is 17.7 Å². The Kier molecular flexibility index (Phi) is 6.23. The smallest absolute Gasteiger partial charge is 0.245 e.